The Morgan fingerprint density at radius 3 is 2.45 bits per heavy atom. The fourth-order valence-electron chi connectivity index (χ4n) is 3.92. The molecule has 1 aliphatic heterocycles. The number of Topliss-reactive ketones (excluding diaryl/α,β-unsaturated/α-hetero) is 1. The zero-order valence-electron chi connectivity index (χ0n) is 17.1. The highest BCUT2D eigenvalue weighted by atomic mass is 19.3. The normalized spacial score (nSPS) is 19.4. The minimum atomic E-state index is -2.76. The van der Waals surface area contributed by atoms with Gasteiger partial charge in [0.2, 0.25) is 11.8 Å². The van der Waals surface area contributed by atoms with Gasteiger partial charge in [-0.15, -0.1) is 5.10 Å². The maximum Gasteiger partial charge on any atom is 0.256 e. The van der Waals surface area contributed by atoms with Gasteiger partial charge in [-0.25, -0.2) is 8.78 Å². The van der Waals surface area contributed by atoms with Crippen LogP contribution in [0.1, 0.15) is 49.4 Å². The standard InChI is InChI=1S/C22H22F2N4O3/c1-2-18-26-21(9-11-22(23,24)12-10-21)20(30)28(18)14-17(29)15-5-7-16(8-6-15)31-19-4-3-13-25-27-19/h3-8,13H,2,9-12,14H2,1H3. The van der Waals surface area contributed by atoms with Crippen LogP contribution in [0.4, 0.5) is 8.78 Å². The molecule has 1 aromatic carbocycles. The first kappa shape index (κ1) is 21.0. The lowest BCUT2D eigenvalue weighted by atomic mass is 9.80. The molecular formula is C22H22F2N4O3. The number of carbonyl (C=O) groups is 2. The molecule has 0 radical (unpaired) electrons. The van der Waals surface area contributed by atoms with Crippen LogP contribution >= 0.6 is 0 Å². The van der Waals surface area contributed by atoms with E-state index in [0.29, 0.717) is 29.4 Å². The van der Waals surface area contributed by atoms with Crippen LogP contribution in [-0.2, 0) is 4.79 Å². The van der Waals surface area contributed by atoms with Gasteiger partial charge in [0.25, 0.3) is 5.91 Å². The third-order valence-electron chi connectivity index (χ3n) is 5.67. The monoisotopic (exact) mass is 428 g/mol. The fourth-order valence-corrected chi connectivity index (χ4v) is 3.92. The average molecular weight is 428 g/mol. The van der Waals surface area contributed by atoms with E-state index >= 15 is 0 Å². The molecule has 0 bridgehead atoms. The maximum absolute atomic E-state index is 13.6. The van der Waals surface area contributed by atoms with Gasteiger partial charge in [0.15, 0.2) is 5.78 Å². The van der Waals surface area contributed by atoms with Gasteiger partial charge in [-0.05, 0) is 43.2 Å². The zero-order chi connectivity index (χ0) is 22.1. The Morgan fingerprint density at radius 2 is 1.84 bits per heavy atom. The molecule has 2 aliphatic rings. The van der Waals surface area contributed by atoms with E-state index in [9.17, 15) is 18.4 Å². The van der Waals surface area contributed by atoms with Gasteiger partial charge in [-0.1, -0.05) is 6.92 Å². The minimum Gasteiger partial charge on any atom is -0.438 e. The SMILES string of the molecule is CCC1=NC2(CCC(F)(F)CC2)C(=O)N1CC(=O)c1ccc(Oc2cccnn2)cc1. The Morgan fingerprint density at radius 1 is 1.13 bits per heavy atom. The van der Waals surface area contributed by atoms with Crippen LogP contribution in [0.15, 0.2) is 47.6 Å². The van der Waals surface area contributed by atoms with E-state index in [0.717, 1.165) is 0 Å². The highest BCUT2D eigenvalue weighted by Crippen LogP contribution is 2.44. The van der Waals surface area contributed by atoms with Crippen molar-refractivity contribution < 1.29 is 23.1 Å². The molecule has 1 fully saturated rings. The summed E-state index contributed by atoms with van der Waals surface area (Å²) in [6.45, 7) is 1.66. The van der Waals surface area contributed by atoms with Crippen LogP contribution in [0.25, 0.3) is 0 Å². The number of nitrogens with zero attached hydrogens (tertiary/aromatic N) is 4. The largest absolute Gasteiger partial charge is 0.438 e. The van der Waals surface area contributed by atoms with Crippen LogP contribution in [-0.4, -0.2) is 50.6 Å². The molecule has 2 aromatic rings. The summed E-state index contributed by atoms with van der Waals surface area (Å²) in [5, 5.41) is 7.56. The lowest BCUT2D eigenvalue weighted by Gasteiger charge is -2.33. The lowest BCUT2D eigenvalue weighted by Crippen LogP contribution is -2.48. The van der Waals surface area contributed by atoms with Gasteiger partial charge in [0, 0.05) is 37.1 Å². The van der Waals surface area contributed by atoms with Crippen molar-refractivity contribution in [1.82, 2.24) is 15.1 Å². The van der Waals surface area contributed by atoms with E-state index in [-0.39, 0.29) is 43.9 Å². The smallest absolute Gasteiger partial charge is 0.256 e. The van der Waals surface area contributed by atoms with Crippen LogP contribution in [0, 0.1) is 0 Å². The van der Waals surface area contributed by atoms with Crippen LogP contribution in [0.2, 0.25) is 0 Å². The Balaban J connectivity index is 1.44. The molecule has 2 heterocycles. The second-order valence-corrected chi connectivity index (χ2v) is 7.77. The van der Waals surface area contributed by atoms with Crippen molar-refractivity contribution in [3.05, 3.63) is 48.2 Å². The average Bonchev–Trinajstić information content (AvgIpc) is 3.03. The van der Waals surface area contributed by atoms with Crippen LogP contribution in [0.3, 0.4) is 0 Å². The predicted octanol–water partition coefficient (Wildman–Crippen LogP) is 4.05. The second kappa shape index (κ2) is 8.13. The number of hydrogen-bond acceptors (Lipinski definition) is 6. The highest BCUT2D eigenvalue weighted by molar-refractivity contribution is 6.12. The molecular weight excluding hydrogens is 406 g/mol. The molecule has 1 aliphatic carbocycles. The first-order valence-electron chi connectivity index (χ1n) is 10.2. The van der Waals surface area contributed by atoms with E-state index in [1.165, 1.54) is 11.1 Å². The van der Waals surface area contributed by atoms with Gasteiger partial charge in [0.1, 0.15) is 17.1 Å². The van der Waals surface area contributed by atoms with Crippen LogP contribution < -0.4 is 4.74 Å². The van der Waals surface area contributed by atoms with Crippen molar-refractivity contribution in [2.75, 3.05) is 6.54 Å². The van der Waals surface area contributed by atoms with E-state index in [1.54, 1.807) is 36.4 Å². The summed E-state index contributed by atoms with van der Waals surface area (Å²) in [4.78, 5) is 31.8. The molecule has 31 heavy (non-hydrogen) atoms. The number of alkyl halides is 2. The van der Waals surface area contributed by atoms with Crippen molar-refractivity contribution in [2.45, 2.75) is 50.5 Å². The number of halogens is 2. The minimum absolute atomic E-state index is 0.00143. The van der Waals surface area contributed by atoms with E-state index < -0.39 is 11.5 Å². The van der Waals surface area contributed by atoms with Crippen molar-refractivity contribution in [3.8, 4) is 11.6 Å². The molecule has 7 nitrogen and oxygen atoms in total. The summed E-state index contributed by atoms with van der Waals surface area (Å²) in [6, 6.07) is 9.83. The van der Waals surface area contributed by atoms with Gasteiger partial charge in [0.05, 0.1) is 6.54 Å². The molecule has 162 valence electrons. The summed E-state index contributed by atoms with van der Waals surface area (Å²) in [6.07, 6.45) is 1.25. The highest BCUT2D eigenvalue weighted by Gasteiger charge is 2.53. The Bertz CT molecular complexity index is 999. The van der Waals surface area contributed by atoms with E-state index in [4.69, 9.17) is 4.74 Å². The van der Waals surface area contributed by atoms with Crippen molar-refractivity contribution in [1.29, 1.82) is 0 Å². The van der Waals surface area contributed by atoms with Gasteiger partial charge < -0.3 is 4.74 Å². The van der Waals surface area contributed by atoms with E-state index in [2.05, 4.69) is 15.2 Å². The second-order valence-electron chi connectivity index (χ2n) is 7.77. The van der Waals surface area contributed by atoms with E-state index in [1.807, 2.05) is 6.92 Å². The molecule has 1 saturated carbocycles. The first-order chi connectivity index (χ1) is 14.8. The molecule has 1 aromatic heterocycles. The molecule has 1 spiro atoms. The van der Waals surface area contributed by atoms with Gasteiger partial charge >= 0.3 is 0 Å². The quantitative estimate of drug-likeness (QED) is 0.648. The number of ether oxygens (including phenoxy) is 1. The molecule has 1 amide bonds. The number of aliphatic imine (C=N–C) groups is 1. The summed E-state index contributed by atoms with van der Waals surface area (Å²) < 4.78 is 32.8. The predicted molar refractivity (Wildman–Crippen MR) is 108 cm³/mol. The third kappa shape index (κ3) is 4.30. The molecule has 0 saturated heterocycles. The number of rotatable bonds is 6. The Labute approximate surface area is 178 Å². The zero-order valence-corrected chi connectivity index (χ0v) is 17.1. The van der Waals surface area contributed by atoms with Gasteiger partial charge in [-0.2, -0.15) is 5.10 Å². The molecule has 0 N–H and O–H groups in total. The summed E-state index contributed by atoms with van der Waals surface area (Å²) in [5.41, 5.74) is -0.743. The summed E-state index contributed by atoms with van der Waals surface area (Å²) >= 11 is 0. The summed E-state index contributed by atoms with van der Waals surface area (Å²) in [5.74, 6) is -2.07. The topological polar surface area (TPSA) is 84.8 Å². The number of amides is 1. The summed E-state index contributed by atoms with van der Waals surface area (Å²) in [7, 11) is 0. The van der Waals surface area contributed by atoms with Gasteiger partial charge in [-0.3, -0.25) is 19.5 Å². The number of aromatic nitrogens is 2. The lowest BCUT2D eigenvalue weighted by molar-refractivity contribution is -0.135. The number of ketones is 1. The van der Waals surface area contributed by atoms with Crippen molar-refractivity contribution in [3.63, 3.8) is 0 Å². The fraction of sp³-hybridized carbons (Fsp3) is 0.409. The maximum atomic E-state index is 13.6. The van der Waals surface area contributed by atoms with Crippen molar-refractivity contribution >= 4 is 17.5 Å². The number of carbonyl (C=O) groups excluding carboxylic acids is 2. The molecule has 4 rings (SSSR count). The number of amidine groups is 1. The van der Waals surface area contributed by atoms with Crippen LogP contribution in [0.5, 0.6) is 11.6 Å². The number of hydrogen-bond donors (Lipinski definition) is 0. The molecule has 9 heteroatoms. The molecule has 0 atom stereocenters. The Kier molecular flexibility index (Phi) is 5.51. The first-order valence-corrected chi connectivity index (χ1v) is 10.2. The molecule has 0 unspecified atom stereocenters. The Hall–Kier alpha value is -3.23. The van der Waals surface area contributed by atoms with Crippen molar-refractivity contribution in [2.24, 2.45) is 4.99 Å². The number of benzene rings is 1. The third-order valence-corrected chi connectivity index (χ3v) is 5.67.